The lowest BCUT2D eigenvalue weighted by atomic mass is 9.79. The number of carbonyl (C=O) groups excluding carboxylic acids is 3. The number of cyclic esters (lactones) is 1. The number of fused-ring (bicyclic) bond motifs is 7. The fourth-order valence-electron chi connectivity index (χ4n) is 11.1. The number of pyridine rings is 1. The third-order valence-electron chi connectivity index (χ3n) is 14.4. The quantitative estimate of drug-likeness (QED) is 0.213. The number of nitrogens with one attached hydrogen (secondary N) is 2. The van der Waals surface area contributed by atoms with Crippen LogP contribution in [0.25, 0.3) is 22.2 Å². The number of hydrogen-bond donors (Lipinski definition) is 2. The molecular formula is C51H71N7O9S. The number of morpholine rings is 1. The van der Waals surface area contributed by atoms with E-state index >= 15 is 0 Å². The molecule has 17 heteroatoms. The van der Waals surface area contributed by atoms with Crippen LogP contribution in [-0.2, 0) is 51.0 Å². The number of esters is 1. The Balaban J connectivity index is 1.16. The first-order valence-electron chi connectivity index (χ1n) is 24.7. The number of aryl methyl sites for hydroxylation is 1. The highest BCUT2D eigenvalue weighted by atomic mass is 32.2. The molecule has 2 amide bonds. The molecule has 6 aliphatic rings. The molecule has 6 aliphatic heterocycles. The Labute approximate surface area is 404 Å². The minimum atomic E-state index is -1.20. The van der Waals surface area contributed by atoms with Gasteiger partial charge in [-0.3, -0.25) is 29.5 Å². The molecule has 0 saturated carbocycles. The summed E-state index contributed by atoms with van der Waals surface area (Å²) in [6.07, 6.45) is 3.74. The van der Waals surface area contributed by atoms with E-state index in [-0.39, 0.29) is 25.4 Å². The van der Waals surface area contributed by atoms with Crippen molar-refractivity contribution in [1.29, 1.82) is 0 Å². The maximum Gasteiger partial charge on any atom is 0.408 e. The highest BCUT2D eigenvalue weighted by Gasteiger charge is 2.46. The molecule has 16 nitrogen and oxygen atoms in total. The fraction of sp³-hybridized carbons (Fsp3) is 0.667. The van der Waals surface area contributed by atoms with Crippen molar-refractivity contribution in [2.75, 3.05) is 59.0 Å². The van der Waals surface area contributed by atoms with Gasteiger partial charge in [-0.1, -0.05) is 19.9 Å². The van der Waals surface area contributed by atoms with Crippen LogP contribution in [0.5, 0.6) is 0 Å². The Hall–Kier alpha value is -4.10. The number of hydrazine groups is 1. The van der Waals surface area contributed by atoms with E-state index in [1.54, 1.807) is 27.9 Å². The van der Waals surface area contributed by atoms with Crippen molar-refractivity contribution in [3.05, 3.63) is 52.8 Å². The van der Waals surface area contributed by atoms with E-state index in [1.807, 2.05) is 6.92 Å². The van der Waals surface area contributed by atoms with Crippen LogP contribution in [0, 0.1) is 5.41 Å². The molecule has 0 radical (unpaired) electrons. The maximum absolute atomic E-state index is 14.6. The zero-order chi connectivity index (χ0) is 48.1. The molecule has 4 saturated heterocycles. The number of hydrogen-bond acceptors (Lipinski definition) is 14. The zero-order valence-corrected chi connectivity index (χ0v) is 42.1. The summed E-state index contributed by atoms with van der Waals surface area (Å²) < 4.78 is 38.5. The fourth-order valence-corrected chi connectivity index (χ4v) is 12.3. The van der Waals surface area contributed by atoms with Crippen LogP contribution >= 0.6 is 11.8 Å². The number of ether oxygens (including phenoxy) is 6. The Morgan fingerprint density at radius 3 is 2.46 bits per heavy atom. The monoisotopic (exact) mass is 958 g/mol. The predicted octanol–water partition coefficient (Wildman–Crippen LogP) is 6.88. The standard InChI is InChI=1S/C51H71N7O9S/c1-10-56-41-15-14-30-19-36(41)38(44(56)37-20-32(22-52-42(37)29(3)62-9)31-17-33-23-63-24-34(18-31)58(33)35-25-64-26-35)21-51(7,8)28-66-48(60)39-13-12-16-57(55-39)47(59)43(54-49(61)67-50(4,5)6)45(65-11-2)46-53-40(30)27-68-46/h14-15,19-20,22,29,31,33-35,39-40,43,45,55H,10-13,16-18,21,23-28H2,1-9H3,(H,54,61)/t29-,31-,33-,34+,39-,40?,43-,45-/m0/s1. The molecule has 0 spiro atoms. The van der Waals surface area contributed by atoms with E-state index in [0.717, 1.165) is 78.3 Å². The third-order valence-corrected chi connectivity index (χ3v) is 15.5. The summed E-state index contributed by atoms with van der Waals surface area (Å²) in [5, 5.41) is 5.97. The summed E-state index contributed by atoms with van der Waals surface area (Å²) in [5.41, 5.74) is 9.35. The molecule has 0 aliphatic carbocycles. The van der Waals surface area contributed by atoms with Gasteiger partial charge in [0.1, 0.15) is 28.8 Å². The minimum absolute atomic E-state index is 0.146. The molecule has 1 unspecified atom stereocenters. The zero-order valence-electron chi connectivity index (χ0n) is 41.3. The van der Waals surface area contributed by atoms with Crippen LogP contribution in [0.3, 0.4) is 0 Å². The molecular weight excluding hydrogens is 887 g/mol. The number of aliphatic imine (C=N–C) groups is 1. The van der Waals surface area contributed by atoms with E-state index in [1.165, 1.54) is 22.3 Å². The van der Waals surface area contributed by atoms with Crippen LogP contribution in [0.15, 0.2) is 35.5 Å². The van der Waals surface area contributed by atoms with Crippen molar-refractivity contribution in [2.24, 2.45) is 10.4 Å². The van der Waals surface area contributed by atoms with E-state index in [0.29, 0.717) is 67.2 Å². The van der Waals surface area contributed by atoms with Gasteiger partial charge in [-0.25, -0.2) is 10.2 Å². The molecule has 2 aromatic heterocycles. The van der Waals surface area contributed by atoms with Gasteiger partial charge in [-0.05, 0) is 114 Å². The van der Waals surface area contributed by atoms with Gasteiger partial charge >= 0.3 is 12.1 Å². The van der Waals surface area contributed by atoms with Gasteiger partial charge in [-0.15, -0.1) is 11.8 Å². The van der Waals surface area contributed by atoms with Crippen LogP contribution in [0.4, 0.5) is 4.79 Å². The van der Waals surface area contributed by atoms with Crippen molar-refractivity contribution in [2.45, 2.75) is 154 Å². The summed E-state index contributed by atoms with van der Waals surface area (Å²) in [6, 6.07) is 7.93. The predicted molar refractivity (Wildman–Crippen MR) is 261 cm³/mol. The lowest BCUT2D eigenvalue weighted by Gasteiger charge is -2.53. The largest absolute Gasteiger partial charge is 0.464 e. The summed E-state index contributed by atoms with van der Waals surface area (Å²) in [6.45, 7) is 20.2. The average Bonchev–Trinajstić information content (AvgIpc) is 3.90. The molecule has 1 aromatic carbocycles. The number of thioether (sulfide) groups is 1. The number of piperidine rings is 1. The Kier molecular flexibility index (Phi) is 14.4. The van der Waals surface area contributed by atoms with E-state index in [4.69, 9.17) is 38.4 Å². The van der Waals surface area contributed by atoms with Gasteiger partial charge in [0.25, 0.3) is 5.91 Å². The first kappa shape index (κ1) is 48.9. The van der Waals surface area contributed by atoms with Gasteiger partial charge < -0.3 is 38.3 Å². The van der Waals surface area contributed by atoms with E-state index in [2.05, 4.69) is 78.4 Å². The van der Waals surface area contributed by atoms with Gasteiger partial charge in [0.15, 0.2) is 0 Å². The summed E-state index contributed by atoms with van der Waals surface area (Å²) in [4.78, 5) is 55.3. The number of carbonyl (C=O) groups is 3. The maximum atomic E-state index is 14.6. The smallest absolute Gasteiger partial charge is 0.408 e. The number of amides is 2. The molecule has 4 fully saturated rings. The first-order chi connectivity index (χ1) is 32.6. The summed E-state index contributed by atoms with van der Waals surface area (Å²) in [5.74, 6) is 0.0395. The molecule has 68 heavy (non-hydrogen) atoms. The van der Waals surface area contributed by atoms with Crippen LogP contribution in [0.1, 0.15) is 122 Å². The molecule has 370 valence electrons. The number of nitrogens with zero attached hydrogens (tertiary/aromatic N) is 5. The highest BCUT2D eigenvalue weighted by molar-refractivity contribution is 8.14. The number of rotatable bonds is 9. The molecule has 8 bridgehead atoms. The van der Waals surface area contributed by atoms with E-state index in [9.17, 15) is 14.4 Å². The second-order valence-corrected chi connectivity index (χ2v) is 22.2. The van der Waals surface area contributed by atoms with Crippen molar-refractivity contribution in [3.8, 4) is 11.3 Å². The number of methoxy groups -OCH3 is 1. The molecule has 8 atom stereocenters. The summed E-state index contributed by atoms with van der Waals surface area (Å²) >= 11 is 1.53. The lowest BCUT2D eigenvalue weighted by molar-refractivity contribution is -0.159. The lowest BCUT2D eigenvalue weighted by Crippen LogP contribution is -2.64. The third kappa shape index (κ3) is 9.95. The molecule has 8 heterocycles. The van der Waals surface area contributed by atoms with Crippen molar-refractivity contribution >= 4 is 45.7 Å². The molecule has 3 aromatic rings. The van der Waals surface area contributed by atoms with Gasteiger partial charge in [-0.2, -0.15) is 0 Å². The SMILES string of the molecule is CCO[C@@H]1C2=NC(CS2)c2ccc3c(c2)c(c(-c2cc([C@H]4C[C@H]5COC[C@@H](C4)N5C4COC4)cnc2[C@H](C)OC)n3CC)CC(C)(C)COC(=O)[C@@H]2CCCN(N2)C(=O)[C@H]1NC(=O)OC(C)(C)C. The van der Waals surface area contributed by atoms with Crippen LogP contribution < -0.4 is 10.7 Å². The topological polar surface area (TPSA) is 167 Å². The van der Waals surface area contributed by atoms with Crippen molar-refractivity contribution in [3.63, 3.8) is 0 Å². The number of benzene rings is 1. The molecule has 9 rings (SSSR count). The van der Waals surface area contributed by atoms with Gasteiger partial charge in [0.05, 0.1) is 62.6 Å². The van der Waals surface area contributed by atoms with Crippen molar-refractivity contribution in [1.82, 2.24) is 30.2 Å². The normalized spacial score (nSPS) is 28.6. The average molecular weight is 958 g/mol. The second-order valence-electron chi connectivity index (χ2n) is 21.1. The molecule has 2 N–H and O–H groups in total. The highest BCUT2D eigenvalue weighted by Crippen LogP contribution is 2.46. The van der Waals surface area contributed by atoms with Crippen molar-refractivity contribution < 1.29 is 42.8 Å². The van der Waals surface area contributed by atoms with Gasteiger partial charge in [0.2, 0.25) is 0 Å². The summed E-state index contributed by atoms with van der Waals surface area (Å²) in [7, 11) is 1.74. The minimum Gasteiger partial charge on any atom is -0.464 e. The first-order valence-corrected chi connectivity index (χ1v) is 25.7. The van der Waals surface area contributed by atoms with E-state index < -0.39 is 47.2 Å². The van der Waals surface area contributed by atoms with Gasteiger partial charge in [0, 0.05) is 72.7 Å². The number of aromatic nitrogens is 2. The van der Waals surface area contributed by atoms with Crippen LogP contribution in [0.2, 0.25) is 0 Å². The Bertz CT molecular complexity index is 2380. The number of alkyl carbamates (subject to hydrolysis) is 1. The van der Waals surface area contributed by atoms with Crippen LogP contribution in [-0.4, -0.2) is 143 Å². The Morgan fingerprint density at radius 1 is 1.04 bits per heavy atom. The second kappa shape index (κ2) is 20.0. The Morgan fingerprint density at radius 2 is 1.78 bits per heavy atom.